The SMILES string of the molecule is CC(N)C1CN(C(=O)c2cc([N+](=O)[O-])c[nH]2)CCO1. The molecule has 8 heteroatoms. The van der Waals surface area contributed by atoms with Crippen molar-refractivity contribution < 1.29 is 14.5 Å². The summed E-state index contributed by atoms with van der Waals surface area (Å²) in [5.41, 5.74) is 5.83. The largest absolute Gasteiger partial charge is 0.373 e. The Hall–Kier alpha value is -1.93. The van der Waals surface area contributed by atoms with Gasteiger partial charge in [-0.1, -0.05) is 0 Å². The molecule has 0 saturated carbocycles. The van der Waals surface area contributed by atoms with Crippen molar-refractivity contribution in [3.05, 3.63) is 28.1 Å². The molecular weight excluding hydrogens is 252 g/mol. The smallest absolute Gasteiger partial charge is 0.287 e. The van der Waals surface area contributed by atoms with Gasteiger partial charge in [-0.2, -0.15) is 0 Å². The standard InChI is InChI=1S/C11H16N4O4/c1-7(12)10-6-14(2-3-19-10)11(16)9-4-8(5-13-9)15(17)18/h4-5,7,10,13H,2-3,6,12H2,1H3. The Kier molecular flexibility index (Phi) is 3.82. The molecule has 1 aliphatic rings. The summed E-state index contributed by atoms with van der Waals surface area (Å²) in [6.07, 6.45) is 0.999. The fraction of sp³-hybridized carbons (Fsp3) is 0.545. The van der Waals surface area contributed by atoms with Crippen molar-refractivity contribution in [2.75, 3.05) is 19.7 Å². The van der Waals surface area contributed by atoms with E-state index in [0.29, 0.717) is 19.7 Å². The Morgan fingerprint density at radius 2 is 2.47 bits per heavy atom. The average molecular weight is 268 g/mol. The molecule has 0 spiro atoms. The number of morpholine rings is 1. The minimum atomic E-state index is -0.544. The van der Waals surface area contributed by atoms with Crippen molar-refractivity contribution in [1.29, 1.82) is 0 Å². The minimum Gasteiger partial charge on any atom is -0.373 e. The first kappa shape index (κ1) is 13.5. The highest BCUT2D eigenvalue weighted by Crippen LogP contribution is 2.16. The monoisotopic (exact) mass is 268 g/mol. The van der Waals surface area contributed by atoms with Gasteiger partial charge in [-0.05, 0) is 6.92 Å². The highest BCUT2D eigenvalue weighted by Gasteiger charge is 2.28. The number of H-pyrrole nitrogens is 1. The summed E-state index contributed by atoms with van der Waals surface area (Å²) < 4.78 is 5.46. The van der Waals surface area contributed by atoms with E-state index in [1.165, 1.54) is 12.3 Å². The lowest BCUT2D eigenvalue weighted by molar-refractivity contribution is -0.384. The molecule has 2 unspecified atom stereocenters. The summed E-state index contributed by atoms with van der Waals surface area (Å²) in [7, 11) is 0. The van der Waals surface area contributed by atoms with Crippen LogP contribution in [-0.4, -0.2) is 52.6 Å². The quantitative estimate of drug-likeness (QED) is 0.596. The Morgan fingerprint density at radius 1 is 1.74 bits per heavy atom. The summed E-state index contributed by atoms with van der Waals surface area (Å²) in [4.78, 5) is 26.4. The van der Waals surface area contributed by atoms with Crippen LogP contribution >= 0.6 is 0 Å². The second-order valence-corrected chi connectivity index (χ2v) is 4.55. The maximum absolute atomic E-state index is 12.2. The molecule has 8 nitrogen and oxygen atoms in total. The van der Waals surface area contributed by atoms with Crippen LogP contribution in [0, 0.1) is 10.1 Å². The normalized spacial score (nSPS) is 21.2. The molecule has 2 atom stereocenters. The van der Waals surface area contributed by atoms with Crippen LogP contribution in [0.5, 0.6) is 0 Å². The molecule has 1 saturated heterocycles. The molecular formula is C11H16N4O4. The fourth-order valence-corrected chi connectivity index (χ4v) is 1.96. The van der Waals surface area contributed by atoms with Crippen molar-refractivity contribution in [3.8, 4) is 0 Å². The molecule has 0 radical (unpaired) electrons. The van der Waals surface area contributed by atoms with Gasteiger partial charge in [0.25, 0.3) is 11.6 Å². The molecule has 0 aliphatic carbocycles. The van der Waals surface area contributed by atoms with Crippen molar-refractivity contribution in [2.45, 2.75) is 19.1 Å². The van der Waals surface area contributed by atoms with Crippen LogP contribution in [0.2, 0.25) is 0 Å². The number of nitrogens with two attached hydrogens (primary N) is 1. The maximum atomic E-state index is 12.2. The van der Waals surface area contributed by atoms with Crippen LogP contribution in [0.4, 0.5) is 5.69 Å². The summed E-state index contributed by atoms with van der Waals surface area (Å²) in [5.74, 6) is -0.276. The molecule has 1 fully saturated rings. The third kappa shape index (κ3) is 2.91. The van der Waals surface area contributed by atoms with Crippen LogP contribution in [0.25, 0.3) is 0 Å². The Labute approximate surface area is 109 Å². The molecule has 19 heavy (non-hydrogen) atoms. The minimum absolute atomic E-state index is 0.125. The number of rotatable bonds is 3. The lowest BCUT2D eigenvalue weighted by Gasteiger charge is -2.34. The van der Waals surface area contributed by atoms with Crippen LogP contribution in [-0.2, 0) is 4.74 Å². The number of nitrogens with one attached hydrogen (secondary N) is 1. The van der Waals surface area contributed by atoms with Gasteiger partial charge < -0.3 is 20.4 Å². The summed E-state index contributed by atoms with van der Waals surface area (Å²) in [6.45, 7) is 3.08. The fourth-order valence-electron chi connectivity index (χ4n) is 1.96. The summed E-state index contributed by atoms with van der Waals surface area (Å²) in [5, 5.41) is 10.6. The zero-order chi connectivity index (χ0) is 14.0. The molecule has 2 heterocycles. The summed E-state index contributed by atoms with van der Waals surface area (Å²) >= 11 is 0. The molecule has 1 aromatic heterocycles. The van der Waals surface area contributed by atoms with Gasteiger partial charge in [0.05, 0.1) is 23.8 Å². The number of ether oxygens (including phenoxy) is 1. The van der Waals surface area contributed by atoms with Crippen molar-refractivity contribution in [2.24, 2.45) is 5.73 Å². The van der Waals surface area contributed by atoms with Gasteiger partial charge in [0.1, 0.15) is 5.69 Å². The number of aromatic amines is 1. The molecule has 104 valence electrons. The summed E-state index contributed by atoms with van der Waals surface area (Å²) in [6, 6.07) is 1.06. The van der Waals surface area contributed by atoms with E-state index in [2.05, 4.69) is 4.98 Å². The van der Waals surface area contributed by atoms with Crippen molar-refractivity contribution in [1.82, 2.24) is 9.88 Å². The lowest BCUT2D eigenvalue weighted by atomic mass is 10.1. The average Bonchev–Trinajstić information content (AvgIpc) is 2.87. The number of hydrogen-bond acceptors (Lipinski definition) is 5. The molecule has 1 aromatic rings. The molecule has 3 N–H and O–H groups in total. The number of hydrogen-bond donors (Lipinski definition) is 2. The molecule has 1 amide bonds. The van der Waals surface area contributed by atoms with Crippen LogP contribution < -0.4 is 5.73 Å². The van der Waals surface area contributed by atoms with Crippen LogP contribution in [0.1, 0.15) is 17.4 Å². The first-order valence-corrected chi connectivity index (χ1v) is 5.98. The topological polar surface area (TPSA) is 114 Å². The number of carbonyl (C=O) groups excluding carboxylic acids is 1. The molecule has 0 aromatic carbocycles. The first-order chi connectivity index (χ1) is 8.99. The van der Waals surface area contributed by atoms with E-state index in [-0.39, 0.29) is 29.4 Å². The van der Waals surface area contributed by atoms with Crippen LogP contribution in [0.15, 0.2) is 12.3 Å². The second kappa shape index (κ2) is 5.37. The second-order valence-electron chi connectivity index (χ2n) is 4.55. The number of aromatic nitrogens is 1. The maximum Gasteiger partial charge on any atom is 0.287 e. The number of amides is 1. The van der Waals surface area contributed by atoms with Gasteiger partial charge in [-0.15, -0.1) is 0 Å². The first-order valence-electron chi connectivity index (χ1n) is 5.98. The highest BCUT2D eigenvalue weighted by molar-refractivity contribution is 5.93. The van der Waals surface area contributed by atoms with Gasteiger partial charge >= 0.3 is 0 Å². The molecule has 2 rings (SSSR count). The predicted molar refractivity (Wildman–Crippen MR) is 66.7 cm³/mol. The zero-order valence-electron chi connectivity index (χ0n) is 10.5. The van der Waals surface area contributed by atoms with Crippen molar-refractivity contribution >= 4 is 11.6 Å². The van der Waals surface area contributed by atoms with Gasteiger partial charge in [0.15, 0.2) is 0 Å². The molecule has 1 aliphatic heterocycles. The van der Waals surface area contributed by atoms with E-state index in [9.17, 15) is 14.9 Å². The van der Waals surface area contributed by atoms with E-state index in [1.807, 2.05) is 6.92 Å². The molecule has 0 bridgehead atoms. The predicted octanol–water partition coefficient (Wildman–Crippen LogP) is 0.111. The van der Waals surface area contributed by atoms with Crippen LogP contribution in [0.3, 0.4) is 0 Å². The van der Waals surface area contributed by atoms with Gasteiger partial charge in [0, 0.05) is 25.2 Å². The van der Waals surface area contributed by atoms with E-state index in [0.717, 1.165) is 0 Å². The van der Waals surface area contributed by atoms with E-state index in [1.54, 1.807) is 4.90 Å². The number of carbonyl (C=O) groups is 1. The van der Waals surface area contributed by atoms with E-state index < -0.39 is 4.92 Å². The van der Waals surface area contributed by atoms with Gasteiger partial charge in [-0.3, -0.25) is 14.9 Å². The Bertz CT molecular complexity index is 485. The number of nitrogens with zero attached hydrogens (tertiary/aromatic N) is 2. The number of nitro groups is 1. The third-order valence-corrected chi connectivity index (χ3v) is 3.08. The highest BCUT2D eigenvalue weighted by atomic mass is 16.6. The van der Waals surface area contributed by atoms with Gasteiger partial charge in [-0.25, -0.2) is 0 Å². The van der Waals surface area contributed by atoms with Gasteiger partial charge in [0.2, 0.25) is 0 Å². The zero-order valence-corrected chi connectivity index (χ0v) is 10.5. The van der Waals surface area contributed by atoms with E-state index >= 15 is 0 Å². The third-order valence-electron chi connectivity index (χ3n) is 3.08. The Morgan fingerprint density at radius 3 is 3.05 bits per heavy atom. The lowest BCUT2D eigenvalue weighted by Crippen LogP contribution is -2.51. The van der Waals surface area contributed by atoms with Crippen molar-refractivity contribution in [3.63, 3.8) is 0 Å². The Balaban J connectivity index is 2.08. The van der Waals surface area contributed by atoms with E-state index in [4.69, 9.17) is 10.5 Å².